The molecule has 0 saturated heterocycles. The van der Waals surface area contributed by atoms with Crippen molar-refractivity contribution in [2.45, 2.75) is 17.9 Å². The summed E-state index contributed by atoms with van der Waals surface area (Å²) in [6.45, 7) is 3.54. The Morgan fingerprint density at radius 2 is 1.18 bits per heavy atom. The second-order valence-corrected chi connectivity index (χ2v) is 16.9. The van der Waals surface area contributed by atoms with Crippen LogP contribution in [0.25, 0.3) is 0 Å². The Morgan fingerprint density at radius 1 is 0.909 bits per heavy atom. The van der Waals surface area contributed by atoms with Gasteiger partial charge < -0.3 is 0 Å². The molecule has 0 fully saturated rings. The Hall–Kier alpha value is 2.15. The second kappa shape index (κ2) is 3.72. The van der Waals surface area contributed by atoms with E-state index in [-0.39, 0.29) is 0 Å². The zero-order valence-electron chi connectivity index (χ0n) is 6.21. The van der Waals surface area contributed by atoms with Crippen LogP contribution in [-0.2, 0) is 0 Å². The molecule has 0 atom stereocenters. The quantitative estimate of drug-likeness (QED) is 0.610. The molecular weight excluding hydrogens is 289 g/mol. The molecule has 0 bridgehead atoms. The molecule has 0 rings (SSSR count). The Bertz CT molecular complexity index is 128. The topological polar surface area (TPSA) is 0 Å². The molecule has 0 amide bonds. The molecule has 0 aromatic heterocycles. The Morgan fingerprint density at radius 3 is 1.18 bits per heavy atom. The Kier molecular flexibility index (Phi) is 4.45. The lowest BCUT2D eigenvalue weighted by Crippen LogP contribution is -2.21. The maximum Gasteiger partial charge on any atom is 0.0876 e. The maximum absolute atomic E-state index is 5.93. The second-order valence-electron chi connectivity index (χ2n) is 2.53. The van der Waals surface area contributed by atoms with Crippen molar-refractivity contribution in [2.24, 2.45) is 0 Å². The van der Waals surface area contributed by atoms with E-state index in [0.29, 0.717) is 0 Å². The van der Waals surface area contributed by atoms with Crippen LogP contribution in [0.4, 0.5) is 0 Å². The maximum atomic E-state index is 5.93. The number of hydrogen-bond donors (Lipinski definition) is 0. The molecule has 0 aliphatic heterocycles. The fourth-order valence-electron chi connectivity index (χ4n) is 0.166. The van der Waals surface area contributed by atoms with Gasteiger partial charge in [0.2, 0.25) is 0 Å². The molecule has 0 spiro atoms. The highest BCUT2D eigenvalue weighted by molar-refractivity contribution is 8.87. The summed E-state index contributed by atoms with van der Waals surface area (Å²) in [4.78, 5) is 0. The lowest BCUT2D eigenvalue weighted by atomic mass is 10.5. The normalized spacial score (nSPS) is 18.2. The van der Waals surface area contributed by atoms with E-state index in [1.807, 2.05) is 0 Å². The van der Waals surface area contributed by atoms with E-state index in [1.165, 1.54) is 0 Å². The molecule has 0 radical (unpaired) electrons. The molecule has 0 aromatic rings. The van der Waals surface area contributed by atoms with Crippen LogP contribution in [0.15, 0.2) is 0 Å². The first-order valence-corrected chi connectivity index (χ1v) is 10.4. The standard InChI is InChI=1S/C4H9Cl5S2/c1-4(2,10(3,5)6)11(7,8)9/h1-3H3. The van der Waals surface area contributed by atoms with Crippen molar-refractivity contribution in [2.75, 3.05) is 6.26 Å². The monoisotopic (exact) mass is 296 g/mol. The van der Waals surface area contributed by atoms with Crippen molar-refractivity contribution in [1.29, 1.82) is 0 Å². The third-order valence-corrected chi connectivity index (χ3v) is 13.2. The van der Waals surface area contributed by atoms with Crippen molar-refractivity contribution >= 4 is 69.5 Å². The third kappa shape index (κ3) is 3.08. The molecule has 72 valence electrons. The summed E-state index contributed by atoms with van der Waals surface area (Å²) in [5.41, 5.74) is 0. The van der Waals surface area contributed by atoms with Gasteiger partial charge in [-0.3, -0.25) is 0 Å². The minimum Gasteiger partial charge on any atom is -0.0708 e. The molecule has 11 heavy (non-hydrogen) atoms. The van der Waals surface area contributed by atoms with Gasteiger partial charge in [-0.2, -0.15) is 0 Å². The van der Waals surface area contributed by atoms with Gasteiger partial charge in [0, 0.05) is 7.67 Å². The Balaban J connectivity index is 4.75. The van der Waals surface area contributed by atoms with Gasteiger partial charge in [-0.1, -0.05) is 8.46 Å². The minimum absolute atomic E-state index is 0.631. The van der Waals surface area contributed by atoms with Crippen LogP contribution >= 0.6 is 69.5 Å². The molecule has 0 aliphatic carbocycles. The summed E-state index contributed by atoms with van der Waals surface area (Å²) in [5.74, 6) is 0. The molecule has 7 heteroatoms. The zero-order valence-corrected chi connectivity index (χ0v) is 11.6. The predicted octanol–water partition coefficient (Wildman–Crippen LogP) is 5.73. The number of halogens is 5. The fourth-order valence-corrected chi connectivity index (χ4v) is 8.34. The van der Waals surface area contributed by atoms with E-state index >= 15 is 0 Å². The van der Waals surface area contributed by atoms with Crippen LogP contribution in [-0.4, -0.2) is 10.3 Å². The molecule has 0 N–H and O–H groups in total. The molecule has 0 unspecified atom stereocenters. The first kappa shape index (κ1) is 13.2. The summed E-state index contributed by atoms with van der Waals surface area (Å²) in [6, 6.07) is 0. The first-order valence-electron chi connectivity index (χ1n) is 2.59. The van der Waals surface area contributed by atoms with Gasteiger partial charge in [-0.25, -0.2) is 0 Å². The first-order chi connectivity index (χ1) is 4.50. The largest absolute Gasteiger partial charge is 0.0876 e. The van der Waals surface area contributed by atoms with E-state index in [9.17, 15) is 0 Å². The fraction of sp³-hybridized carbons (Fsp3) is 1.00. The summed E-state index contributed by atoms with van der Waals surface area (Å²) in [7, 11) is 25.0. The minimum atomic E-state index is -2.27. The van der Waals surface area contributed by atoms with Crippen molar-refractivity contribution < 1.29 is 0 Å². The van der Waals surface area contributed by atoms with E-state index < -0.39 is 20.2 Å². The highest BCUT2D eigenvalue weighted by atomic mass is 36.2. The van der Waals surface area contributed by atoms with E-state index in [0.717, 1.165) is 0 Å². The number of rotatable bonds is 2. The van der Waals surface area contributed by atoms with Gasteiger partial charge in [0.25, 0.3) is 0 Å². The van der Waals surface area contributed by atoms with Crippen molar-refractivity contribution in [3.8, 4) is 0 Å². The third-order valence-electron chi connectivity index (χ3n) is 1.42. The van der Waals surface area contributed by atoms with Crippen molar-refractivity contribution in [3.63, 3.8) is 0 Å². The summed E-state index contributed by atoms with van der Waals surface area (Å²) in [5, 5.41) is 0. The van der Waals surface area contributed by atoms with Gasteiger partial charge in [0.1, 0.15) is 0 Å². The average Bonchev–Trinajstić information content (AvgIpc) is 1.58. The molecular formula is C4H9Cl5S2. The highest BCUT2D eigenvalue weighted by Crippen LogP contribution is 2.85. The molecule has 0 heterocycles. The van der Waals surface area contributed by atoms with Crippen molar-refractivity contribution in [3.05, 3.63) is 0 Å². The molecule has 0 nitrogen and oxygen atoms in total. The predicted molar refractivity (Wildman–Crippen MR) is 64.5 cm³/mol. The van der Waals surface area contributed by atoms with Gasteiger partial charge in [-0.05, 0) is 73.5 Å². The lowest BCUT2D eigenvalue weighted by Gasteiger charge is -2.45. The molecule has 0 aliphatic rings. The summed E-state index contributed by atoms with van der Waals surface area (Å²) < 4.78 is -0.631. The van der Waals surface area contributed by atoms with Crippen LogP contribution in [0.2, 0.25) is 0 Å². The Labute approximate surface area is 93.0 Å². The summed E-state index contributed by atoms with van der Waals surface area (Å²) >= 11 is 0. The zero-order chi connectivity index (χ0) is 9.50. The van der Waals surface area contributed by atoms with Crippen LogP contribution < -0.4 is 0 Å². The average molecular weight is 299 g/mol. The van der Waals surface area contributed by atoms with E-state index in [2.05, 4.69) is 0 Å². The van der Waals surface area contributed by atoms with Crippen LogP contribution in [0.3, 0.4) is 0 Å². The van der Waals surface area contributed by atoms with Crippen LogP contribution in [0, 0.1) is 0 Å². The highest BCUT2D eigenvalue weighted by Gasteiger charge is 2.46. The van der Waals surface area contributed by atoms with Gasteiger partial charge in [-0.15, -0.1) is 0 Å². The van der Waals surface area contributed by atoms with Crippen molar-refractivity contribution in [1.82, 2.24) is 0 Å². The lowest BCUT2D eigenvalue weighted by molar-refractivity contribution is 1.03. The number of hydrogen-bond acceptors (Lipinski definition) is 0. The van der Waals surface area contributed by atoms with Crippen LogP contribution in [0.1, 0.15) is 13.8 Å². The van der Waals surface area contributed by atoms with Gasteiger partial charge >= 0.3 is 0 Å². The van der Waals surface area contributed by atoms with E-state index in [4.69, 9.17) is 53.4 Å². The summed E-state index contributed by atoms with van der Waals surface area (Å²) in [6.07, 6.45) is 1.70. The van der Waals surface area contributed by atoms with E-state index in [1.54, 1.807) is 20.1 Å². The molecule has 0 aromatic carbocycles. The smallest absolute Gasteiger partial charge is 0.0708 e. The SMILES string of the molecule is CC(C)(S(C)(Cl)Cl)S(Cl)(Cl)Cl. The van der Waals surface area contributed by atoms with Gasteiger partial charge in [0.05, 0.1) is 4.08 Å². The van der Waals surface area contributed by atoms with Gasteiger partial charge in [0.15, 0.2) is 0 Å². The molecule has 0 saturated carbocycles. The van der Waals surface area contributed by atoms with Crippen LogP contribution in [0.5, 0.6) is 0 Å².